The molecule has 0 aromatic carbocycles. The summed E-state index contributed by atoms with van der Waals surface area (Å²) in [4.78, 5) is 4.08. The molecule has 0 spiro atoms. The van der Waals surface area contributed by atoms with Gasteiger partial charge in [-0.3, -0.25) is 0 Å². The van der Waals surface area contributed by atoms with E-state index < -0.39 is 0 Å². The van der Waals surface area contributed by atoms with Crippen LogP contribution in [0.4, 0.5) is 5.69 Å². The molecule has 60 valence electrons. The van der Waals surface area contributed by atoms with Gasteiger partial charge in [-0.05, 0) is 13.0 Å². The quantitative estimate of drug-likeness (QED) is 0.696. The van der Waals surface area contributed by atoms with Crippen molar-refractivity contribution in [3.05, 3.63) is 17.8 Å². The number of hydrogen-bond acceptors (Lipinski definition) is 3. The average molecular weight is 152 g/mol. The number of ether oxygens (including phenoxy) is 1. The van der Waals surface area contributed by atoms with Gasteiger partial charge in [-0.25, -0.2) is 4.98 Å². The smallest absolute Gasteiger partial charge is 0.216 e. The number of nitrogens with one attached hydrogen (secondary N) is 1. The van der Waals surface area contributed by atoms with Crippen molar-refractivity contribution in [1.82, 2.24) is 4.98 Å². The SMILES string of the molecule is CNc1cnc(OC)c(C)c1. The standard InChI is InChI=1S/C8H12N2O/c1-6-4-7(9-2)5-10-8(6)11-3/h4-5,9H,1-3H3. The topological polar surface area (TPSA) is 34.2 Å². The molecule has 0 amide bonds. The van der Waals surface area contributed by atoms with E-state index in [4.69, 9.17) is 4.74 Å². The Labute approximate surface area is 66.4 Å². The van der Waals surface area contributed by atoms with Crippen LogP contribution in [0.2, 0.25) is 0 Å². The van der Waals surface area contributed by atoms with Crippen molar-refractivity contribution in [2.75, 3.05) is 19.5 Å². The zero-order valence-electron chi connectivity index (χ0n) is 7.01. The zero-order valence-corrected chi connectivity index (χ0v) is 7.01. The van der Waals surface area contributed by atoms with E-state index in [1.807, 2.05) is 20.0 Å². The second kappa shape index (κ2) is 3.23. The third-order valence-corrected chi connectivity index (χ3v) is 1.51. The van der Waals surface area contributed by atoms with Gasteiger partial charge in [0, 0.05) is 12.6 Å². The molecule has 0 radical (unpaired) electrons. The minimum absolute atomic E-state index is 0.684. The Balaban J connectivity index is 2.99. The molecule has 0 unspecified atom stereocenters. The van der Waals surface area contributed by atoms with Gasteiger partial charge in [0.2, 0.25) is 5.88 Å². The van der Waals surface area contributed by atoms with Gasteiger partial charge >= 0.3 is 0 Å². The second-order valence-corrected chi connectivity index (χ2v) is 2.30. The van der Waals surface area contributed by atoms with Crippen molar-refractivity contribution >= 4 is 5.69 Å². The number of aryl methyl sites for hydroxylation is 1. The molecule has 0 aliphatic heterocycles. The summed E-state index contributed by atoms with van der Waals surface area (Å²) >= 11 is 0. The van der Waals surface area contributed by atoms with Crippen LogP contribution in [-0.2, 0) is 0 Å². The summed E-state index contributed by atoms with van der Waals surface area (Å²) in [6.45, 7) is 1.96. The van der Waals surface area contributed by atoms with Crippen LogP contribution >= 0.6 is 0 Å². The summed E-state index contributed by atoms with van der Waals surface area (Å²) in [5.41, 5.74) is 2.04. The first-order chi connectivity index (χ1) is 5.27. The number of anilines is 1. The van der Waals surface area contributed by atoms with Crippen LogP contribution in [-0.4, -0.2) is 19.1 Å². The average Bonchev–Trinajstić information content (AvgIpc) is 2.04. The summed E-state index contributed by atoms with van der Waals surface area (Å²) in [6.07, 6.45) is 1.74. The second-order valence-electron chi connectivity index (χ2n) is 2.30. The number of aromatic nitrogens is 1. The summed E-state index contributed by atoms with van der Waals surface area (Å²) < 4.78 is 5.01. The van der Waals surface area contributed by atoms with Crippen LogP contribution in [0.1, 0.15) is 5.56 Å². The number of methoxy groups -OCH3 is 1. The fourth-order valence-corrected chi connectivity index (χ4v) is 0.913. The van der Waals surface area contributed by atoms with Gasteiger partial charge in [-0.1, -0.05) is 0 Å². The normalized spacial score (nSPS) is 9.36. The first kappa shape index (κ1) is 7.85. The first-order valence-corrected chi connectivity index (χ1v) is 3.46. The molecule has 0 atom stereocenters. The molecule has 3 nitrogen and oxygen atoms in total. The molecule has 1 N–H and O–H groups in total. The Hall–Kier alpha value is -1.25. The van der Waals surface area contributed by atoms with E-state index >= 15 is 0 Å². The summed E-state index contributed by atoms with van der Waals surface area (Å²) in [5.74, 6) is 0.684. The van der Waals surface area contributed by atoms with Crippen LogP contribution < -0.4 is 10.1 Å². The fraction of sp³-hybridized carbons (Fsp3) is 0.375. The minimum atomic E-state index is 0.684. The lowest BCUT2D eigenvalue weighted by Crippen LogP contribution is -1.94. The van der Waals surface area contributed by atoms with Crippen LogP contribution in [0, 0.1) is 6.92 Å². The molecular weight excluding hydrogens is 140 g/mol. The van der Waals surface area contributed by atoms with Crippen LogP contribution in [0.15, 0.2) is 12.3 Å². The van der Waals surface area contributed by atoms with Crippen LogP contribution in [0.25, 0.3) is 0 Å². The molecule has 1 heterocycles. The van der Waals surface area contributed by atoms with Crippen molar-refractivity contribution < 1.29 is 4.74 Å². The Morgan fingerprint density at radius 3 is 2.73 bits per heavy atom. The van der Waals surface area contributed by atoms with E-state index in [-0.39, 0.29) is 0 Å². The lowest BCUT2D eigenvalue weighted by molar-refractivity contribution is 0.394. The van der Waals surface area contributed by atoms with E-state index in [2.05, 4.69) is 10.3 Å². The van der Waals surface area contributed by atoms with E-state index in [1.54, 1.807) is 13.3 Å². The van der Waals surface area contributed by atoms with Gasteiger partial charge in [0.25, 0.3) is 0 Å². The molecule has 1 aromatic heterocycles. The lowest BCUT2D eigenvalue weighted by atomic mass is 10.3. The van der Waals surface area contributed by atoms with Crippen LogP contribution in [0.5, 0.6) is 5.88 Å². The maximum absolute atomic E-state index is 5.01. The van der Waals surface area contributed by atoms with Crippen molar-refractivity contribution in [3.8, 4) is 5.88 Å². The number of nitrogens with zero attached hydrogens (tertiary/aromatic N) is 1. The van der Waals surface area contributed by atoms with E-state index in [1.165, 1.54) is 0 Å². The highest BCUT2D eigenvalue weighted by atomic mass is 16.5. The van der Waals surface area contributed by atoms with Gasteiger partial charge < -0.3 is 10.1 Å². The maximum Gasteiger partial charge on any atom is 0.216 e. The molecule has 3 heteroatoms. The Bertz CT molecular complexity index is 248. The monoisotopic (exact) mass is 152 g/mol. The third kappa shape index (κ3) is 1.61. The summed E-state index contributed by atoms with van der Waals surface area (Å²) in [6, 6.07) is 1.99. The maximum atomic E-state index is 5.01. The molecule has 0 bridgehead atoms. The molecule has 1 rings (SSSR count). The van der Waals surface area contributed by atoms with Gasteiger partial charge in [-0.15, -0.1) is 0 Å². The molecular formula is C8H12N2O. The predicted octanol–water partition coefficient (Wildman–Crippen LogP) is 1.44. The Kier molecular flexibility index (Phi) is 2.31. The Morgan fingerprint density at radius 1 is 1.55 bits per heavy atom. The predicted molar refractivity (Wildman–Crippen MR) is 45.1 cm³/mol. The molecule has 11 heavy (non-hydrogen) atoms. The van der Waals surface area contributed by atoms with E-state index in [0.29, 0.717) is 5.88 Å². The fourth-order valence-electron chi connectivity index (χ4n) is 0.913. The van der Waals surface area contributed by atoms with Gasteiger partial charge in [0.15, 0.2) is 0 Å². The van der Waals surface area contributed by atoms with Gasteiger partial charge in [-0.2, -0.15) is 0 Å². The van der Waals surface area contributed by atoms with Crippen molar-refractivity contribution in [3.63, 3.8) is 0 Å². The molecule has 1 aromatic rings. The largest absolute Gasteiger partial charge is 0.481 e. The van der Waals surface area contributed by atoms with Crippen molar-refractivity contribution in [2.45, 2.75) is 6.92 Å². The third-order valence-electron chi connectivity index (χ3n) is 1.51. The van der Waals surface area contributed by atoms with Crippen molar-refractivity contribution in [1.29, 1.82) is 0 Å². The molecule has 0 saturated heterocycles. The summed E-state index contributed by atoms with van der Waals surface area (Å²) in [5, 5.41) is 3.00. The molecule has 0 fully saturated rings. The molecule has 0 aliphatic rings. The lowest BCUT2D eigenvalue weighted by Gasteiger charge is -2.04. The summed E-state index contributed by atoms with van der Waals surface area (Å²) in [7, 11) is 3.48. The van der Waals surface area contributed by atoms with Gasteiger partial charge in [0.05, 0.1) is 19.0 Å². The van der Waals surface area contributed by atoms with Crippen LogP contribution in [0.3, 0.4) is 0 Å². The zero-order chi connectivity index (χ0) is 8.27. The number of hydrogen-bond donors (Lipinski definition) is 1. The number of pyridine rings is 1. The van der Waals surface area contributed by atoms with Gasteiger partial charge in [0.1, 0.15) is 0 Å². The van der Waals surface area contributed by atoms with Crippen molar-refractivity contribution in [2.24, 2.45) is 0 Å². The highest BCUT2D eigenvalue weighted by Crippen LogP contribution is 2.16. The Morgan fingerprint density at radius 2 is 2.27 bits per heavy atom. The minimum Gasteiger partial charge on any atom is -0.481 e. The van der Waals surface area contributed by atoms with E-state index in [9.17, 15) is 0 Å². The number of rotatable bonds is 2. The highest BCUT2D eigenvalue weighted by molar-refractivity contribution is 5.45. The molecule has 0 aliphatic carbocycles. The highest BCUT2D eigenvalue weighted by Gasteiger charge is 1.98. The van der Waals surface area contributed by atoms with E-state index in [0.717, 1.165) is 11.3 Å². The first-order valence-electron chi connectivity index (χ1n) is 3.46. The molecule has 0 saturated carbocycles.